The lowest BCUT2D eigenvalue weighted by Gasteiger charge is -2.21. The maximum Gasteiger partial charge on any atom is 0.191 e. The Morgan fingerprint density at radius 3 is 2.74 bits per heavy atom. The fourth-order valence-electron chi connectivity index (χ4n) is 2.59. The van der Waals surface area contributed by atoms with Crippen molar-refractivity contribution in [2.24, 2.45) is 4.99 Å². The maximum atomic E-state index is 4.73. The normalized spacial score (nSPS) is 16.1. The van der Waals surface area contributed by atoms with E-state index in [1.807, 2.05) is 0 Å². The number of hydrogen-bond acceptors (Lipinski definition) is 3. The molecule has 1 saturated carbocycles. The molecule has 1 fully saturated rings. The zero-order valence-electron chi connectivity index (χ0n) is 14.5. The number of likely N-dealkylation sites (N-methyl/N-ethyl adjacent to an activating group) is 1. The minimum Gasteiger partial charge on any atom is -0.357 e. The lowest BCUT2D eigenvalue weighted by atomic mass is 10.1. The lowest BCUT2D eigenvalue weighted by molar-refractivity contribution is 0.282. The Kier molecular flexibility index (Phi) is 10.1. The van der Waals surface area contributed by atoms with E-state index in [0.717, 1.165) is 44.7 Å². The van der Waals surface area contributed by atoms with Gasteiger partial charge < -0.3 is 10.6 Å². The van der Waals surface area contributed by atoms with E-state index in [0.29, 0.717) is 5.92 Å². The molecule has 0 aromatic carbocycles. The largest absolute Gasteiger partial charge is 0.357 e. The third-order valence-corrected chi connectivity index (χ3v) is 4.84. The van der Waals surface area contributed by atoms with Gasteiger partial charge >= 0.3 is 0 Å². The number of rotatable bonds is 9. The van der Waals surface area contributed by atoms with Crippen LogP contribution in [0.4, 0.5) is 0 Å². The molecule has 6 heteroatoms. The van der Waals surface area contributed by atoms with Gasteiger partial charge in [0.2, 0.25) is 0 Å². The van der Waals surface area contributed by atoms with Crippen molar-refractivity contribution >= 4 is 41.3 Å². The summed E-state index contributed by atoms with van der Waals surface area (Å²) < 4.78 is 0. The molecule has 1 aliphatic rings. The summed E-state index contributed by atoms with van der Waals surface area (Å²) >= 11 is 1.76. The third kappa shape index (κ3) is 7.39. The van der Waals surface area contributed by atoms with E-state index in [-0.39, 0.29) is 24.0 Å². The monoisotopic (exact) mass is 450 g/mol. The quantitative estimate of drug-likeness (QED) is 0.344. The molecular weight excluding hydrogens is 419 g/mol. The zero-order chi connectivity index (χ0) is 15.8. The van der Waals surface area contributed by atoms with Gasteiger partial charge in [0.15, 0.2) is 5.96 Å². The van der Waals surface area contributed by atoms with Gasteiger partial charge in [-0.2, -0.15) is 11.3 Å². The van der Waals surface area contributed by atoms with Gasteiger partial charge in [0.1, 0.15) is 0 Å². The van der Waals surface area contributed by atoms with Gasteiger partial charge in [0.05, 0.1) is 0 Å². The highest BCUT2D eigenvalue weighted by atomic mass is 127. The SMILES string of the molecule is CCNC(=NCC(C)c1ccsc1)NCCN(CC)C1CC1.I. The fourth-order valence-corrected chi connectivity index (χ4v) is 3.37. The number of thiophene rings is 1. The van der Waals surface area contributed by atoms with Gasteiger partial charge in [-0.3, -0.25) is 9.89 Å². The fraction of sp³-hybridized carbons (Fsp3) is 0.706. The summed E-state index contributed by atoms with van der Waals surface area (Å²) in [5.41, 5.74) is 1.38. The highest BCUT2D eigenvalue weighted by Crippen LogP contribution is 2.25. The Morgan fingerprint density at radius 2 is 2.17 bits per heavy atom. The van der Waals surface area contributed by atoms with E-state index in [1.165, 1.54) is 18.4 Å². The van der Waals surface area contributed by atoms with E-state index in [2.05, 4.69) is 53.1 Å². The lowest BCUT2D eigenvalue weighted by Crippen LogP contribution is -2.42. The molecule has 2 N–H and O–H groups in total. The van der Waals surface area contributed by atoms with Crippen LogP contribution in [0.2, 0.25) is 0 Å². The molecule has 1 aliphatic carbocycles. The summed E-state index contributed by atoms with van der Waals surface area (Å²) in [5.74, 6) is 1.41. The Balaban J connectivity index is 0.00000264. The molecular formula is C17H31IN4S. The van der Waals surface area contributed by atoms with Gasteiger partial charge in [0.25, 0.3) is 0 Å². The minimum absolute atomic E-state index is 0. The summed E-state index contributed by atoms with van der Waals surface area (Å²) in [6, 6.07) is 3.03. The molecule has 1 unspecified atom stereocenters. The summed E-state index contributed by atoms with van der Waals surface area (Å²) in [6.07, 6.45) is 2.75. The molecule has 132 valence electrons. The van der Waals surface area contributed by atoms with E-state index in [9.17, 15) is 0 Å². The molecule has 1 aromatic rings. The van der Waals surface area contributed by atoms with Crippen molar-refractivity contribution in [1.29, 1.82) is 0 Å². The summed E-state index contributed by atoms with van der Waals surface area (Å²) in [4.78, 5) is 7.29. The van der Waals surface area contributed by atoms with Crippen molar-refractivity contribution < 1.29 is 0 Å². The standard InChI is InChI=1S/C17H30N4S.HI/c1-4-18-17(19-9-10-21(5-2)16-6-7-16)20-12-14(3)15-8-11-22-13-15;/h8,11,13-14,16H,4-7,9-10,12H2,1-3H3,(H2,18,19,20);1H. The molecule has 1 aromatic heterocycles. The number of nitrogens with one attached hydrogen (secondary N) is 2. The van der Waals surface area contributed by atoms with Crippen molar-refractivity contribution in [1.82, 2.24) is 15.5 Å². The summed E-state index contributed by atoms with van der Waals surface area (Å²) in [5, 5.41) is 11.2. The summed E-state index contributed by atoms with van der Waals surface area (Å²) in [7, 11) is 0. The molecule has 0 bridgehead atoms. The van der Waals surface area contributed by atoms with Crippen LogP contribution in [0, 0.1) is 0 Å². The second-order valence-corrected chi connectivity index (χ2v) is 6.74. The van der Waals surface area contributed by atoms with Gasteiger partial charge in [-0.05, 0) is 48.7 Å². The number of guanidine groups is 1. The first kappa shape index (κ1) is 20.7. The van der Waals surface area contributed by atoms with Crippen LogP contribution in [0.5, 0.6) is 0 Å². The Morgan fingerprint density at radius 1 is 1.39 bits per heavy atom. The predicted molar refractivity (Wildman–Crippen MR) is 112 cm³/mol. The van der Waals surface area contributed by atoms with Crippen LogP contribution in [-0.4, -0.2) is 49.6 Å². The van der Waals surface area contributed by atoms with Crippen LogP contribution >= 0.6 is 35.3 Å². The van der Waals surface area contributed by atoms with Crippen LogP contribution in [0.3, 0.4) is 0 Å². The maximum absolute atomic E-state index is 4.73. The molecule has 1 heterocycles. The number of aliphatic imine (C=N–C) groups is 1. The number of hydrogen-bond donors (Lipinski definition) is 2. The first-order valence-electron chi connectivity index (χ1n) is 8.52. The molecule has 0 spiro atoms. The second kappa shape index (κ2) is 11.3. The van der Waals surface area contributed by atoms with Crippen LogP contribution in [0.1, 0.15) is 45.1 Å². The molecule has 0 saturated heterocycles. The molecule has 2 rings (SSSR count). The molecule has 0 aliphatic heterocycles. The average molecular weight is 450 g/mol. The first-order chi connectivity index (χ1) is 10.7. The van der Waals surface area contributed by atoms with Gasteiger partial charge in [-0.25, -0.2) is 0 Å². The smallest absolute Gasteiger partial charge is 0.191 e. The van der Waals surface area contributed by atoms with Crippen LogP contribution in [0.25, 0.3) is 0 Å². The summed E-state index contributed by atoms with van der Waals surface area (Å²) in [6.45, 7) is 11.5. The van der Waals surface area contributed by atoms with Crippen LogP contribution in [-0.2, 0) is 0 Å². The van der Waals surface area contributed by atoms with Crippen LogP contribution < -0.4 is 10.6 Å². The number of nitrogens with zero attached hydrogens (tertiary/aromatic N) is 2. The topological polar surface area (TPSA) is 39.7 Å². The Labute approximate surface area is 162 Å². The molecule has 0 amide bonds. The van der Waals surface area contributed by atoms with E-state index in [1.54, 1.807) is 11.3 Å². The Hall–Kier alpha value is -0.340. The highest BCUT2D eigenvalue weighted by Gasteiger charge is 2.27. The van der Waals surface area contributed by atoms with Crippen molar-refractivity contribution in [3.05, 3.63) is 22.4 Å². The van der Waals surface area contributed by atoms with E-state index in [4.69, 9.17) is 4.99 Å². The van der Waals surface area contributed by atoms with Crippen molar-refractivity contribution in [3.8, 4) is 0 Å². The van der Waals surface area contributed by atoms with Crippen molar-refractivity contribution in [2.75, 3.05) is 32.7 Å². The molecule has 23 heavy (non-hydrogen) atoms. The number of halogens is 1. The van der Waals surface area contributed by atoms with Gasteiger partial charge in [0, 0.05) is 38.1 Å². The zero-order valence-corrected chi connectivity index (χ0v) is 17.7. The minimum atomic E-state index is 0. The highest BCUT2D eigenvalue weighted by molar-refractivity contribution is 14.0. The second-order valence-electron chi connectivity index (χ2n) is 5.96. The van der Waals surface area contributed by atoms with Crippen molar-refractivity contribution in [3.63, 3.8) is 0 Å². The molecule has 4 nitrogen and oxygen atoms in total. The van der Waals surface area contributed by atoms with E-state index >= 15 is 0 Å². The first-order valence-corrected chi connectivity index (χ1v) is 9.47. The third-order valence-electron chi connectivity index (χ3n) is 4.14. The Bertz CT molecular complexity index is 445. The molecule has 0 radical (unpaired) electrons. The predicted octanol–water partition coefficient (Wildman–Crippen LogP) is 3.51. The van der Waals surface area contributed by atoms with Gasteiger partial charge in [-0.1, -0.05) is 13.8 Å². The van der Waals surface area contributed by atoms with Crippen LogP contribution in [0.15, 0.2) is 21.8 Å². The van der Waals surface area contributed by atoms with E-state index < -0.39 is 0 Å². The molecule has 1 atom stereocenters. The van der Waals surface area contributed by atoms with Gasteiger partial charge in [-0.15, -0.1) is 24.0 Å². The average Bonchev–Trinajstić information content (AvgIpc) is 3.21. The van der Waals surface area contributed by atoms with Crippen molar-refractivity contribution in [2.45, 2.75) is 45.6 Å².